The lowest BCUT2D eigenvalue weighted by molar-refractivity contribution is 0.323. The Kier molecular flexibility index (Phi) is 4.75. The molecule has 0 aromatic carbocycles. The smallest absolute Gasteiger partial charge is 0.221 e. The first-order chi connectivity index (χ1) is 8.81. The summed E-state index contributed by atoms with van der Waals surface area (Å²) in [5.74, 6) is 1.56. The van der Waals surface area contributed by atoms with Crippen molar-refractivity contribution >= 4 is 5.82 Å². The molecular weight excluding hydrogens is 228 g/mol. The molecule has 1 aromatic heterocycles. The molecule has 1 saturated heterocycles. The molecule has 0 amide bonds. The third kappa shape index (κ3) is 3.32. The van der Waals surface area contributed by atoms with Crippen molar-refractivity contribution < 1.29 is 4.74 Å². The average Bonchev–Trinajstić information content (AvgIpc) is 2.87. The van der Waals surface area contributed by atoms with Crippen molar-refractivity contribution in [2.75, 3.05) is 38.1 Å². The minimum Gasteiger partial charge on any atom is -0.478 e. The van der Waals surface area contributed by atoms with Gasteiger partial charge in [-0.1, -0.05) is 0 Å². The number of aromatic nitrogens is 2. The maximum atomic E-state index is 5.46. The molecule has 1 N–H and O–H groups in total. The van der Waals surface area contributed by atoms with Gasteiger partial charge in [-0.15, -0.1) is 0 Å². The van der Waals surface area contributed by atoms with Gasteiger partial charge >= 0.3 is 0 Å². The first kappa shape index (κ1) is 13.1. The number of nitrogens with one attached hydrogen (secondary N) is 1. The summed E-state index contributed by atoms with van der Waals surface area (Å²) >= 11 is 0. The van der Waals surface area contributed by atoms with Gasteiger partial charge in [-0.3, -0.25) is 0 Å². The summed E-state index contributed by atoms with van der Waals surface area (Å²) < 4.78 is 5.46. The summed E-state index contributed by atoms with van der Waals surface area (Å²) in [4.78, 5) is 10.9. The molecule has 2 heterocycles. The molecule has 0 atom stereocenters. The molecule has 0 bridgehead atoms. The van der Waals surface area contributed by atoms with Crippen molar-refractivity contribution in [1.82, 2.24) is 14.9 Å². The highest BCUT2D eigenvalue weighted by atomic mass is 16.5. The van der Waals surface area contributed by atoms with Crippen LogP contribution in [0, 0.1) is 6.92 Å². The van der Waals surface area contributed by atoms with E-state index in [1.165, 1.54) is 25.9 Å². The van der Waals surface area contributed by atoms with Crippen LogP contribution in [-0.4, -0.2) is 47.7 Å². The fourth-order valence-electron chi connectivity index (χ4n) is 2.23. The maximum Gasteiger partial charge on any atom is 0.221 e. The summed E-state index contributed by atoms with van der Waals surface area (Å²) in [6, 6.07) is 0. The second kappa shape index (κ2) is 6.54. The fraction of sp³-hybridized carbons (Fsp3) is 0.692. The Bertz CT molecular complexity index is 377. The Morgan fingerprint density at radius 1 is 1.33 bits per heavy atom. The van der Waals surface area contributed by atoms with Crippen LogP contribution in [0.2, 0.25) is 0 Å². The van der Waals surface area contributed by atoms with Crippen LogP contribution in [0.15, 0.2) is 6.33 Å². The Balaban J connectivity index is 1.86. The Hall–Kier alpha value is -1.36. The number of likely N-dealkylation sites (tertiary alicyclic amines) is 1. The van der Waals surface area contributed by atoms with Gasteiger partial charge in [0.25, 0.3) is 0 Å². The molecule has 0 spiro atoms. The van der Waals surface area contributed by atoms with E-state index in [2.05, 4.69) is 20.2 Å². The topological polar surface area (TPSA) is 50.3 Å². The normalized spacial score (nSPS) is 15.9. The molecule has 5 heteroatoms. The molecule has 2 rings (SSSR count). The molecule has 1 aliphatic rings. The summed E-state index contributed by atoms with van der Waals surface area (Å²) in [5.41, 5.74) is 0.987. The van der Waals surface area contributed by atoms with E-state index in [9.17, 15) is 0 Å². The standard InChI is InChI=1S/C13H22N4O/c1-3-18-13-11(2)12(15-10-16-13)14-6-9-17-7-4-5-8-17/h10H,3-9H2,1-2H3,(H,14,15,16). The highest BCUT2D eigenvalue weighted by molar-refractivity contribution is 5.47. The summed E-state index contributed by atoms with van der Waals surface area (Å²) in [6.45, 7) is 9.04. The van der Waals surface area contributed by atoms with Crippen molar-refractivity contribution in [3.8, 4) is 5.88 Å². The summed E-state index contributed by atoms with van der Waals surface area (Å²) in [5, 5.41) is 3.37. The van der Waals surface area contributed by atoms with Crippen LogP contribution in [0.3, 0.4) is 0 Å². The monoisotopic (exact) mass is 250 g/mol. The van der Waals surface area contributed by atoms with E-state index in [1.807, 2.05) is 13.8 Å². The molecule has 0 radical (unpaired) electrons. The highest BCUT2D eigenvalue weighted by Gasteiger charge is 2.11. The second-order valence-corrected chi connectivity index (χ2v) is 4.56. The number of hydrogen-bond donors (Lipinski definition) is 1. The molecule has 1 fully saturated rings. The van der Waals surface area contributed by atoms with Gasteiger partial charge in [-0.05, 0) is 39.8 Å². The largest absolute Gasteiger partial charge is 0.478 e. The highest BCUT2D eigenvalue weighted by Crippen LogP contribution is 2.20. The molecule has 1 aliphatic heterocycles. The molecule has 0 unspecified atom stereocenters. The van der Waals surface area contributed by atoms with Gasteiger partial charge in [-0.2, -0.15) is 0 Å². The van der Waals surface area contributed by atoms with E-state index in [-0.39, 0.29) is 0 Å². The van der Waals surface area contributed by atoms with Crippen LogP contribution in [0.25, 0.3) is 0 Å². The second-order valence-electron chi connectivity index (χ2n) is 4.56. The van der Waals surface area contributed by atoms with Gasteiger partial charge in [0.05, 0.1) is 12.2 Å². The zero-order chi connectivity index (χ0) is 12.8. The van der Waals surface area contributed by atoms with Crippen LogP contribution in [-0.2, 0) is 0 Å². The third-order valence-corrected chi connectivity index (χ3v) is 3.24. The quantitative estimate of drug-likeness (QED) is 0.832. The zero-order valence-electron chi connectivity index (χ0n) is 11.3. The van der Waals surface area contributed by atoms with E-state index >= 15 is 0 Å². The fourth-order valence-corrected chi connectivity index (χ4v) is 2.23. The number of rotatable bonds is 6. The predicted octanol–water partition coefficient (Wildman–Crippen LogP) is 1.69. The number of nitrogens with zero attached hydrogens (tertiary/aromatic N) is 3. The van der Waals surface area contributed by atoms with Crippen LogP contribution in [0.4, 0.5) is 5.82 Å². The van der Waals surface area contributed by atoms with Gasteiger partial charge in [-0.25, -0.2) is 9.97 Å². The number of hydrogen-bond acceptors (Lipinski definition) is 5. The van der Waals surface area contributed by atoms with Crippen LogP contribution in [0.1, 0.15) is 25.3 Å². The van der Waals surface area contributed by atoms with Crippen molar-refractivity contribution in [1.29, 1.82) is 0 Å². The number of anilines is 1. The first-order valence-electron chi connectivity index (χ1n) is 6.72. The van der Waals surface area contributed by atoms with Crippen molar-refractivity contribution in [2.24, 2.45) is 0 Å². The summed E-state index contributed by atoms with van der Waals surface area (Å²) in [6.07, 6.45) is 4.22. The molecule has 0 aliphatic carbocycles. The van der Waals surface area contributed by atoms with Gasteiger partial charge < -0.3 is 15.0 Å². The van der Waals surface area contributed by atoms with Crippen LogP contribution < -0.4 is 10.1 Å². The third-order valence-electron chi connectivity index (χ3n) is 3.24. The number of ether oxygens (including phenoxy) is 1. The van der Waals surface area contributed by atoms with E-state index in [1.54, 1.807) is 6.33 Å². The SMILES string of the molecule is CCOc1ncnc(NCCN2CCCC2)c1C. The van der Waals surface area contributed by atoms with Crippen LogP contribution in [0.5, 0.6) is 5.88 Å². The lowest BCUT2D eigenvalue weighted by atomic mass is 10.3. The molecule has 1 aromatic rings. The first-order valence-corrected chi connectivity index (χ1v) is 6.72. The van der Waals surface area contributed by atoms with Gasteiger partial charge in [0.1, 0.15) is 12.1 Å². The van der Waals surface area contributed by atoms with Gasteiger partial charge in [0.15, 0.2) is 0 Å². The van der Waals surface area contributed by atoms with E-state index in [4.69, 9.17) is 4.74 Å². The Morgan fingerprint density at radius 3 is 2.83 bits per heavy atom. The molecule has 0 saturated carbocycles. The van der Waals surface area contributed by atoms with Gasteiger partial charge in [0, 0.05) is 13.1 Å². The van der Waals surface area contributed by atoms with Gasteiger partial charge in [0.2, 0.25) is 5.88 Å². The maximum absolute atomic E-state index is 5.46. The lowest BCUT2D eigenvalue weighted by Crippen LogP contribution is -2.26. The average molecular weight is 250 g/mol. The van der Waals surface area contributed by atoms with Crippen molar-refractivity contribution in [3.05, 3.63) is 11.9 Å². The Labute approximate surface area is 109 Å². The molecular formula is C13H22N4O. The van der Waals surface area contributed by atoms with Crippen LogP contribution >= 0.6 is 0 Å². The van der Waals surface area contributed by atoms with E-state index in [0.717, 1.165) is 24.5 Å². The van der Waals surface area contributed by atoms with Crippen molar-refractivity contribution in [3.63, 3.8) is 0 Å². The predicted molar refractivity (Wildman–Crippen MR) is 72.1 cm³/mol. The minimum atomic E-state index is 0.630. The minimum absolute atomic E-state index is 0.630. The zero-order valence-corrected chi connectivity index (χ0v) is 11.3. The lowest BCUT2D eigenvalue weighted by Gasteiger charge is -2.16. The molecule has 18 heavy (non-hydrogen) atoms. The summed E-state index contributed by atoms with van der Waals surface area (Å²) in [7, 11) is 0. The Morgan fingerprint density at radius 2 is 2.11 bits per heavy atom. The molecule has 100 valence electrons. The van der Waals surface area contributed by atoms with Crippen molar-refractivity contribution in [2.45, 2.75) is 26.7 Å². The van der Waals surface area contributed by atoms with E-state index < -0.39 is 0 Å². The molecule has 5 nitrogen and oxygen atoms in total. The van der Waals surface area contributed by atoms with E-state index in [0.29, 0.717) is 12.5 Å².